The molecule has 1 rings (SSSR count). The van der Waals surface area contributed by atoms with Crippen LogP contribution in [0.2, 0.25) is 0 Å². The predicted molar refractivity (Wildman–Crippen MR) is 66.4 cm³/mol. The summed E-state index contributed by atoms with van der Waals surface area (Å²) in [5, 5.41) is 19.7. The van der Waals surface area contributed by atoms with Gasteiger partial charge in [0.05, 0.1) is 5.56 Å². The number of carboxylic acid groups (broad SMARTS) is 1. The summed E-state index contributed by atoms with van der Waals surface area (Å²) in [4.78, 5) is 21.8. The maximum Gasteiger partial charge on any atom is 0.303 e. The van der Waals surface area contributed by atoms with E-state index in [2.05, 4.69) is 5.32 Å². The number of amides is 1. The second kappa shape index (κ2) is 7.51. The zero-order chi connectivity index (χ0) is 16.0. The van der Waals surface area contributed by atoms with Crippen molar-refractivity contribution in [2.45, 2.75) is 25.7 Å². The molecule has 0 aliphatic heterocycles. The molecular weight excluding hydrogens is 291 g/mol. The Morgan fingerprint density at radius 3 is 2.38 bits per heavy atom. The van der Waals surface area contributed by atoms with Crippen LogP contribution in [0.5, 0.6) is 5.75 Å². The van der Waals surface area contributed by atoms with Crippen LogP contribution in [0.4, 0.5) is 13.2 Å². The lowest BCUT2D eigenvalue weighted by Gasteiger charge is -2.08. The number of carbonyl (C=O) groups is 2. The number of rotatable bonds is 7. The van der Waals surface area contributed by atoms with E-state index in [9.17, 15) is 22.8 Å². The first-order chi connectivity index (χ1) is 9.84. The van der Waals surface area contributed by atoms with Gasteiger partial charge >= 0.3 is 5.97 Å². The van der Waals surface area contributed by atoms with E-state index in [-0.39, 0.29) is 13.0 Å². The largest absolute Gasteiger partial charge is 0.503 e. The van der Waals surface area contributed by atoms with Crippen molar-refractivity contribution in [2.24, 2.45) is 0 Å². The third-order valence-corrected chi connectivity index (χ3v) is 2.73. The fourth-order valence-corrected chi connectivity index (χ4v) is 1.63. The zero-order valence-electron chi connectivity index (χ0n) is 11.0. The summed E-state index contributed by atoms with van der Waals surface area (Å²) in [6.45, 7) is 0.123. The van der Waals surface area contributed by atoms with Crippen molar-refractivity contribution in [3.05, 3.63) is 29.1 Å². The van der Waals surface area contributed by atoms with Crippen LogP contribution in [0.15, 0.2) is 6.07 Å². The third-order valence-electron chi connectivity index (χ3n) is 2.73. The second-order valence-corrected chi connectivity index (χ2v) is 4.34. The molecule has 0 aliphatic rings. The molecule has 116 valence electrons. The van der Waals surface area contributed by atoms with Crippen molar-refractivity contribution in [1.82, 2.24) is 5.32 Å². The van der Waals surface area contributed by atoms with Crippen LogP contribution in [-0.4, -0.2) is 28.6 Å². The molecular formula is C13H14F3NO4. The normalized spacial score (nSPS) is 10.4. The highest BCUT2D eigenvalue weighted by atomic mass is 19.2. The topological polar surface area (TPSA) is 86.6 Å². The molecule has 0 aromatic heterocycles. The molecule has 5 nitrogen and oxygen atoms in total. The summed E-state index contributed by atoms with van der Waals surface area (Å²) >= 11 is 0. The molecule has 21 heavy (non-hydrogen) atoms. The fourth-order valence-electron chi connectivity index (χ4n) is 1.63. The Bertz CT molecular complexity index is 549. The Balaban J connectivity index is 2.52. The fraction of sp³-hybridized carbons (Fsp3) is 0.385. The molecule has 0 spiro atoms. The number of hydrogen-bond donors (Lipinski definition) is 3. The van der Waals surface area contributed by atoms with E-state index in [0.29, 0.717) is 25.3 Å². The van der Waals surface area contributed by atoms with Crippen LogP contribution in [0, 0.1) is 17.5 Å². The summed E-state index contributed by atoms with van der Waals surface area (Å²) in [6.07, 6.45) is 1.44. The van der Waals surface area contributed by atoms with Gasteiger partial charge in [0.15, 0.2) is 17.4 Å². The van der Waals surface area contributed by atoms with Crippen molar-refractivity contribution in [2.75, 3.05) is 6.54 Å². The predicted octanol–water partition coefficient (Wildman–Crippen LogP) is 2.18. The number of phenols is 1. The minimum absolute atomic E-state index is 0.0135. The smallest absolute Gasteiger partial charge is 0.303 e. The Hall–Kier alpha value is -2.25. The molecule has 1 aromatic rings. The monoisotopic (exact) mass is 305 g/mol. The van der Waals surface area contributed by atoms with Gasteiger partial charge in [0.25, 0.3) is 5.91 Å². The number of nitrogens with one attached hydrogen (secondary N) is 1. The lowest BCUT2D eigenvalue weighted by atomic mass is 10.1. The standard InChI is InChI=1S/C13H14F3NO4/c14-8-6-7(10(15)12(20)11(8)16)13(21)17-5-3-1-2-4-9(18)19/h6,20H,1-5H2,(H,17,21)(H,18,19). The number of halogens is 3. The number of carbonyl (C=O) groups excluding carboxylic acids is 1. The van der Waals surface area contributed by atoms with Gasteiger partial charge in [-0.05, 0) is 18.9 Å². The van der Waals surface area contributed by atoms with Gasteiger partial charge in [0.2, 0.25) is 5.82 Å². The molecule has 0 saturated heterocycles. The van der Waals surface area contributed by atoms with Crippen LogP contribution in [0.1, 0.15) is 36.0 Å². The molecule has 0 unspecified atom stereocenters. The molecule has 0 heterocycles. The quantitative estimate of drug-likeness (QED) is 0.532. The van der Waals surface area contributed by atoms with Gasteiger partial charge in [-0.25, -0.2) is 8.78 Å². The van der Waals surface area contributed by atoms with Crippen LogP contribution in [0.3, 0.4) is 0 Å². The molecule has 0 atom stereocenters. The number of aromatic hydroxyl groups is 1. The lowest BCUT2D eigenvalue weighted by molar-refractivity contribution is -0.137. The van der Waals surface area contributed by atoms with Gasteiger partial charge in [-0.1, -0.05) is 6.42 Å². The molecule has 0 saturated carbocycles. The molecule has 0 fully saturated rings. The zero-order valence-corrected chi connectivity index (χ0v) is 11.0. The molecule has 1 aromatic carbocycles. The maximum atomic E-state index is 13.4. The van der Waals surface area contributed by atoms with Gasteiger partial charge in [0.1, 0.15) is 0 Å². The Labute approximate surface area is 118 Å². The number of hydrogen-bond acceptors (Lipinski definition) is 3. The highest BCUT2D eigenvalue weighted by Gasteiger charge is 2.22. The van der Waals surface area contributed by atoms with Crippen molar-refractivity contribution >= 4 is 11.9 Å². The summed E-state index contributed by atoms with van der Waals surface area (Å²) in [5.74, 6) is -8.25. The minimum Gasteiger partial charge on any atom is -0.503 e. The SMILES string of the molecule is O=C(O)CCCCCNC(=O)c1cc(F)c(F)c(O)c1F. The van der Waals surface area contributed by atoms with E-state index in [1.165, 1.54) is 0 Å². The third kappa shape index (κ3) is 4.66. The summed E-state index contributed by atoms with van der Waals surface area (Å²) in [5.41, 5.74) is -0.795. The number of carboxylic acids is 1. The van der Waals surface area contributed by atoms with E-state index < -0.39 is 40.6 Å². The minimum atomic E-state index is -1.75. The first-order valence-electron chi connectivity index (χ1n) is 6.21. The number of unbranched alkanes of at least 4 members (excludes halogenated alkanes) is 2. The number of phenolic OH excluding ortho intramolecular Hbond substituents is 1. The van der Waals surface area contributed by atoms with Crippen molar-refractivity contribution in [3.8, 4) is 5.75 Å². The van der Waals surface area contributed by atoms with Gasteiger partial charge < -0.3 is 15.5 Å². The van der Waals surface area contributed by atoms with E-state index in [1.807, 2.05) is 0 Å². The number of benzene rings is 1. The van der Waals surface area contributed by atoms with E-state index in [1.54, 1.807) is 0 Å². The van der Waals surface area contributed by atoms with Crippen LogP contribution >= 0.6 is 0 Å². The van der Waals surface area contributed by atoms with E-state index >= 15 is 0 Å². The average Bonchev–Trinajstić information content (AvgIpc) is 2.43. The number of aliphatic carboxylic acids is 1. The molecule has 8 heteroatoms. The van der Waals surface area contributed by atoms with Crippen molar-refractivity contribution < 1.29 is 33.0 Å². The Morgan fingerprint density at radius 2 is 1.76 bits per heavy atom. The Kier molecular flexibility index (Phi) is 6.01. The van der Waals surface area contributed by atoms with Gasteiger partial charge in [-0.15, -0.1) is 0 Å². The lowest BCUT2D eigenvalue weighted by Crippen LogP contribution is -2.25. The average molecular weight is 305 g/mol. The van der Waals surface area contributed by atoms with Gasteiger partial charge in [0, 0.05) is 13.0 Å². The molecule has 0 radical (unpaired) electrons. The highest BCUT2D eigenvalue weighted by molar-refractivity contribution is 5.94. The summed E-state index contributed by atoms with van der Waals surface area (Å²) < 4.78 is 39.3. The first kappa shape index (κ1) is 16.8. The van der Waals surface area contributed by atoms with E-state index in [4.69, 9.17) is 10.2 Å². The summed E-state index contributed by atoms with van der Waals surface area (Å²) in [7, 11) is 0. The van der Waals surface area contributed by atoms with Gasteiger partial charge in [-0.3, -0.25) is 9.59 Å². The molecule has 1 amide bonds. The van der Waals surface area contributed by atoms with Crippen molar-refractivity contribution in [1.29, 1.82) is 0 Å². The van der Waals surface area contributed by atoms with Gasteiger partial charge in [-0.2, -0.15) is 4.39 Å². The Morgan fingerprint density at radius 1 is 1.10 bits per heavy atom. The van der Waals surface area contributed by atoms with Crippen molar-refractivity contribution in [3.63, 3.8) is 0 Å². The highest BCUT2D eigenvalue weighted by Crippen LogP contribution is 2.25. The second-order valence-electron chi connectivity index (χ2n) is 4.34. The van der Waals surface area contributed by atoms with Crippen LogP contribution in [0.25, 0.3) is 0 Å². The summed E-state index contributed by atoms with van der Waals surface area (Å²) in [6, 6.07) is 0.365. The molecule has 3 N–H and O–H groups in total. The maximum absolute atomic E-state index is 13.4. The van der Waals surface area contributed by atoms with Crippen LogP contribution < -0.4 is 5.32 Å². The molecule has 0 bridgehead atoms. The van der Waals surface area contributed by atoms with Crippen LogP contribution in [-0.2, 0) is 4.79 Å². The first-order valence-corrected chi connectivity index (χ1v) is 6.21. The molecule has 0 aliphatic carbocycles. The van der Waals surface area contributed by atoms with E-state index in [0.717, 1.165) is 0 Å².